The Morgan fingerprint density at radius 1 is 1.11 bits per heavy atom. The molecule has 1 aromatic carbocycles. The Morgan fingerprint density at radius 2 is 1.89 bits per heavy atom. The second-order valence-electron chi connectivity index (χ2n) is 5.87. The van der Waals surface area contributed by atoms with Crippen LogP contribution in [-0.2, 0) is 11.3 Å². The number of benzene rings is 1. The Labute approximate surface area is 115 Å². The van der Waals surface area contributed by atoms with Crippen molar-refractivity contribution in [2.24, 2.45) is 5.92 Å². The average molecular weight is 258 g/mol. The molecule has 1 aromatic rings. The molecule has 102 valence electrons. The third-order valence-electron chi connectivity index (χ3n) is 4.28. The standard InChI is InChI=1S/C16H22N2O/c19-16-14-8-4-5-9-15(17-16)12-18(11-14)10-13-6-2-1-3-7-13/h1-3,6-7,14-15H,4-5,8-12H2,(H,17,19). The zero-order chi connectivity index (χ0) is 13.1. The number of nitrogens with zero attached hydrogens (tertiary/aromatic N) is 1. The molecule has 0 radical (unpaired) electrons. The van der Waals surface area contributed by atoms with Crippen molar-refractivity contribution in [3.63, 3.8) is 0 Å². The number of nitrogens with one attached hydrogen (secondary N) is 1. The molecule has 2 unspecified atom stereocenters. The third kappa shape index (κ3) is 3.16. The summed E-state index contributed by atoms with van der Waals surface area (Å²) in [5, 5.41) is 3.22. The van der Waals surface area contributed by atoms with Crippen molar-refractivity contribution in [3.05, 3.63) is 35.9 Å². The van der Waals surface area contributed by atoms with Gasteiger partial charge in [-0.1, -0.05) is 43.2 Å². The number of amides is 1. The van der Waals surface area contributed by atoms with Gasteiger partial charge in [0.25, 0.3) is 0 Å². The van der Waals surface area contributed by atoms with E-state index in [9.17, 15) is 4.79 Å². The molecule has 0 aromatic heterocycles. The van der Waals surface area contributed by atoms with E-state index in [1.54, 1.807) is 0 Å². The minimum atomic E-state index is 0.189. The van der Waals surface area contributed by atoms with Crippen LogP contribution >= 0.6 is 0 Å². The molecule has 2 heterocycles. The van der Waals surface area contributed by atoms with Crippen molar-refractivity contribution in [2.75, 3.05) is 13.1 Å². The second-order valence-corrected chi connectivity index (χ2v) is 5.87. The molecule has 2 aliphatic heterocycles. The van der Waals surface area contributed by atoms with Gasteiger partial charge in [-0.2, -0.15) is 0 Å². The maximum absolute atomic E-state index is 12.1. The molecule has 3 rings (SSSR count). The van der Waals surface area contributed by atoms with Crippen LogP contribution in [0.4, 0.5) is 0 Å². The topological polar surface area (TPSA) is 32.3 Å². The van der Waals surface area contributed by atoms with Crippen LogP contribution in [0.15, 0.2) is 30.3 Å². The molecule has 2 bridgehead atoms. The highest BCUT2D eigenvalue weighted by atomic mass is 16.2. The van der Waals surface area contributed by atoms with Crippen LogP contribution in [0.5, 0.6) is 0 Å². The normalized spacial score (nSPS) is 28.3. The van der Waals surface area contributed by atoms with Crippen molar-refractivity contribution >= 4 is 5.91 Å². The Kier molecular flexibility index (Phi) is 3.83. The smallest absolute Gasteiger partial charge is 0.224 e. The number of rotatable bonds is 2. The zero-order valence-corrected chi connectivity index (χ0v) is 11.3. The lowest BCUT2D eigenvalue weighted by molar-refractivity contribution is -0.125. The third-order valence-corrected chi connectivity index (χ3v) is 4.28. The lowest BCUT2D eigenvalue weighted by atomic mass is 9.97. The summed E-state index contributed by atoms with van der Waals surface area (Å²) in [4.78, 5) is 14.6. The van der Waals surface area contributed by atoms with Crippen molar-refractivity contribution in [2.45, 2.75) is 38.3 Å². The summed E-state index contributed by atoms with van der Waals surface area (Å²) in [6, 6.07) is 10.9. The van der Waals surface area contributed by atoms with Gasteiger partial charge in [-0.3, -0.25) is 9.69 Å². The van der Waals surface area contributed by atoms with E-state index in [0.29, 0.717) is 6.04 Å². The van der Waals surface area contributed by atoms with Crippen LogP contribution in [0.1, 0.15) is 31.2 Å². The summed E-state index contributed by atoms with van der Waals surface area (Å²) in [5.74, 6) is 0.467. The van der Waals surface area contributed by atoms with Crippen LogP contribution < -0.4 is 5.32 Å². The summed E-state index contributed by atoms with van der Waals surface area (Å²) in [5.41, 5.74) is 1.34. The molecule has 0 aliphatic carbocycles. The molecule has 1 N–H and O–H groups in total. The molecule has 0 spiro atoms. The number of carbonyl (C=O) groups is 1. The molecule has 0 saturated carbocycles. The molecular formula is C16H22N2O. The summed E-state index contributed by atoms with van der Waals surface area (Å²) in [7, 11) is 0. The Morgan fingerprint density at radius 3 is 2.74 bits per heavy atom. The molecule has 19 heavy (non-hydrogen) atoms. The van der Waals surface area contributed by atoms with Crippen molar-refractivity contribution in [3.8, 4) is 0 Å². The Balaban J connectivity index is 1.73. The molecule has 3 heteroatoms. The average Bonchev–Trinajstić information content (AvgIpc) is 2.48. The number of hydrogen-bond donors (Lipinski definition) is 1. The van der Waals surface area contributed by atoms with Gasteiger partial charge in [0.15, 0.2) is 0 Å². The fourth-order valence-electron chi connectivity index (χ4n) is 3.28. The van der Waals surface area contributed by atoms with E-state index in [0.717, 1.165) is 32.5 Å². The van der Waals surface area contributed by atoms with Gasteiger partial charge >= 0.3 is 0 Å². The fraction of sp³-hybridized carbons (Fsp3) is 0.562. The van der Waals surface area contributed by atoms with E-state index in [2.05, 4.69) is 40.5 Å². The summed E-state index contributed by atoms with van der Waals surface area (Å²) < 4.78 is 0. The lowest BCUT2D eigenvalue weighted by Crippen LogP contribution is -2.40. The van der Waals surface area contributed by atoms with Gasteiger partial charge in [0.05, 0.1) is 5.92 Å². The quantitative estimate of drug-likeness (QED) is 0.882. The summed E-state index contributed by atoms with van der Waals surface area (Å²) in [6.07, 6.45) is 4.63. The van der Waals surface area contributed by atoms with Crippen LogP contribution in [0.2, 0.25) is 0 Å². The van der Waals surface area contributed by atoms with Crippen LogP contribution in [0, 0.1) is 5.92 Å². The maximum Gasteiger partial charge on any atom is 0.224 e. The van der Waals surface area contributed by atoms with Gasteiger partial charge in [0.2, 0.25) is 5.91 Å². The number of fused-ring (bicyclic) bond motifs is 3. The van der Waals surface area contributed by atoms with Gasteiger partial charge in [-0.25, -0.2) is 0 Å². The van der Waals surface area contributed by atoms with Crippen molar-refractivity contribution in [1.82, 2.24) is 10.2 Å². The van der Waals surface area contributed by atoms with Gasteiger partial charge in [0.1, 0.15) is 0 Å². The number of hydrogen-bond acceptors (Lipinski definition) is 2. The van der Waals surface area contributed by atoms with Crippen molar-refractivity contribution in [1.29, 1.82) is 0 Å². The molecule has 3 nitrogen and oxygen atoms in total. The van der Waals surface area contributed by atoms with E-state index in [4.69, 9.17) is 0 Å². The van der Waals surface area contributed by atoms with Gasteiger partial charge in [-0.15, -0.1) is 0 Å². The summed E-state index contributed by atoms with van der Waals surface area (Å²) >= 11 is 0. The van der Waals surface area contributed by atoms with Crippen molar-refractivity contribution < 1.29 is 4.79 Å². The summed E-state index contributed by atoms with van der Waals surface area (Å²) in [6.45, 7) is 2.87. The highest BCUT2D eigenvalue weighted by molar-refractivity contribution is 5.79. The monoisotopic (exact) mass is 258 g/mol. The molecule has 1 amide bonds. The second kappa shape index (κ2) is 5.74. The first-order valence-corrected chi connectivity index (χ1v) is 7.38. The SMILES string of the molecule is O=C1NC2CCCCC1CN(Cc1ccccc1)C2. The minimum Gasteiger partial charge on any atom is -0.352 e. The molecule has 2 atom stereocenters. The highest BCUT2D eigenvalue weighted by Crippen LogP contribution is 2.22. The molecule has 2 fully saturated rings. The molecule has 2 saturated heterocycles. The molecular weight excluding hydrogens is 236 g/mol. The Bertz CT molecular complexity index is 432. The lowest BCUT2D eigenvalue weighted by Gasteiger charge is -2.23. The largest absolute Gasteiger partial charge is 0.352 e. The van der Waals surface area contributed by atoms with Gasteiger partial charge < -0.3 is 5.32 Å². The molecule has 2 aliphatic rings. The fourth-order valence-corrected chi connectivity index (χ4v) is 3.28. The van der Waals surface area contributed by atoms with Gasteiger partial charge in [0, 0.05) is 25.7 Å². The first-order chi connectivity index (χ1) is 9.31. The van der Waals surface area contributed by atoms with E-state index in [-0.39, 0.29) is 11.8 Å². The predicted octanol–water partition coefficient (Wildman–Crippen LogP) is 2.18. The first kappa shape index (κ1) is 12.7. The number of carbonyl (C=O) groups excluding carboxylic acids is 1. The Hall–Kier alpha value is -1.35. The van der Waals surface area contributed by atoms with Crippen LogP contribution in [0.25, 0.3) is 0 Å². The van der Waals surface area contributed by atoms with E-state index < -0.39 is 0 Å². The zero-order valence-electron chi connectivity index (χ0n) is 11.3. The van der Waals surface area contributed by atoms with Crippen LogP contribution in [0.3, 0.4) is 0 Å². The van der Waals surface area contributed by atoms with Gasteiger partial charge in [-0.05, 0) is 18.4 Å². The maximum atomic E-state index is 12.1. The van der Waals surface area contributed by atoms with E-state index >= 15 is 0 Å². The first-order valence-electron chi connectivity index (χ1n) is 7.38. The van der Waals surface area contributed by atoms with E-state index in [1.807, 2.05) is 0 Å². The van der Waals surface area contributed by atoms with E-state index in [1.165, 1.54) is 18.4 Å². The minimum absolute atomic E-state index is 0.189. The van der Waals surface area contributed by atoms with Crippen LogP contribution in [-0.4, -0.2) is 29.9 Å². The highest BCUT2D eigenvalue weighted by Gasteiger charge is 2.30. The predicted molar refractivity (Wildman–Crippen MR) is 75.6 cm³/mol.